The quantitative estimate of drug-likeness (QED) is 0.835. The molecule has 3 rings (SSSR count). The molecule has 2 heterocycles. The van der Waals surface area contributed by atoms with Crippen molar-refractivity contribution in [3.8, 4) is 0 Å². The van der Waals surface area contributed by atoms with Crippen LogP contribution in [0.2, 0.25) is 0 Å². The Balaban J connectivity index is 2.23. The highest BCUT2D eigenvalue weighted by molar-refractivity contribution is 6.15. The van der Waals surface area contributed by atoms with Crippen molar-refractivity contribution in [2.45, 2.75) is 46.1 Å². The SMILES string of the molecule is C=CC1=Nc2c(C)cc(C(C)C)n2CCCCNC(=O)c2ccccc21. The molecule has 0 fully saturated rings. The third-order valence-corrected chi connectivity index (χ3v) is 4.84. The van der Waals surface area contributed by atoms with Crippen molar-refractivity contribution in [2.75, 3.05) is 6.54 Å². The van der Waals surface area contributed by atoms with Gasteiger partial charge in [0.05, 0.1) is 5.71 Å². The van der Waals surface area contributed by atoms with Crippen molar-refractivity contribution in [1.82, 2.24) is 9.88 Å². The van der Waals surface area contributed by atoms with Crippen LogP contribution < -0.4 is 5.32 Å². The molecule has 2 aromatic rings. The Morgan fingerprint density at radius 3 is 2.65 bits per heavy atom. The summed E-state index contributed by atoms with van der Waals surface area (Å²) in [6.45, 7) is 12.1. The monoisotopic (exact) mass is 349 g/mol. The molecular formula is C22H27N3O. The summed E-state index contributed by atoms with van der Waals surface area (Å²) in [6, 6.07) is 9.84. The van der Waals surface area contributed by atoms with Gasteiger partial charge in [0.2, 0.25) is 0 Å². The molecule has 1 aromatic heterocycles. The second kappa shape index (κ2) is 7.73. The van der Waals surface area contributed by atoms with Crippen molar-refractivity contribution in [1.29, 1.82) is 0 Å². The molecule has 0 saturated heterocycles. The molecule has 0 spiro atoms. The van der Waals surface area contributed by atoms with Crippen LogP contribution in [0.3, 0.4) is 0 Å². The van der Waals surface area contributed by atoms with Gasteiger partial charge in [0, 0.05) is 29.9 Å². The summed E-state index contributed by atoms with van der Waals surface area (Å²) in [5.41, 5.74) is 4.66. The highest BCUT2D eigenvalue weighted by Crippen LogP contribution is 2.30. The molecule has 0 saturated carbocycles. The summed E-state index contributed by atoms with van der Waals surface area (Å²) >= 11 is 0. The predicted octanol–water partition coefficient (Wildman–Crippen LogP) is 4.75. The third-order valence-electron chi connectivity index (χ3n) is 4.84. The molecule has 0 radical (unpaired) electrons. The van der Waals surface area contributed by atoms with E-state index in [4.69, 9.17) is 4.99 Å². The molecule has 1 aromatic carbocycles. The number of fused-ring (bicyclic) bond motifs is 2. The van der Waals surface area contributed by atoms with Crippen molar-refractivity contribution in [3.63, 3.8) is 0 Å². The van der Waals surface area contributed by atoms with Crippen molar-refractivity contribution in [2.24, 2.45) is 4.99 Å². The highest BCUT2D eigenvalue weighted by atomic mass is 16.1. The molecule has 4 nitrogen and oxygen atoms in total. The lowest BCUT2D eigenvalue weighted by atomic mass is 10.0. The molecule has 1 N–H and O–H groups in total. The van der Waals surface area contributed by atoms with Gasteiger partial charge in [0.15, 0.2) is 0 Å². The standard InChI is InChI=1S/C22H27N3O/c1-5-19-17-10-6-7-11-18(17)22(26)23-12-8-9-13-25-20(15(2)3)14-16(4)21(25)24-19/h5-7,10-11,14-15H,1,8-9,12-13H2,2-4H3,(H,23,26). The summed E-state index contributed by atoms with van der Waals surface area (Å²) in [4.78, 5) is 17.5. The molecule has 0 bridgehead atoms. The summed E-state index contributed by atoms with van der Waals surface area (Å²) in [6.07, 6.45) is 3.69. The molecule has 1 aliphatic rings. The number of hydrogen-bond acceptors (Lipinski definition) is 2. The van der Waals surface area contributed by atoms with Crippen LogP contribution in [-0.4, -0.2) is 22.7 Å². The Morgan fingerprint density at radius 2 is 1.96 bits per heavy atom. The molecule has 1 aliphatic heterocycles. The number of rotatable bonds is 2. The largest absolute Gasteiger partial charge is 0.352 e. The number of carbonyl (C=O) groups excluding carboxylic acids is 1. The van der Waals surface area contributed by atoms with Crippen molar-refractivity contribution in [3.05, 3.63) is 65.4 Å². The van der Waals surface area contributed by atoms with Crippen LogP contribution in [0.1, 0.15) is 59.8 Å². The lowest BCUT2D eigenvalue weighted by Gasteiger charge is -2.17. The fourth-order valence-corrected chi connectivity index (χ4v) is 3.49. The Kier molecular flexibility index (Phi) is 5.40. The number of nitrogens with one attached hydrogen (secondary N) is 1. The van der Waals surface area contributed by atoms with E-state index in [1.165, 1.54) is 5.69 Å². The normalized spacial score (nSPS) is 15.2. The Morgan fingerprint density at radius 1 is 1.23 bits per heavy atom. The number of hydrogen-bond donors (Lipinski definition) is 1. The van der Waals surface area contributed by atoms with Gasteiger partial charge >= 0.3 is 0 Å². The lowest BCUT2D eigenvalue weighted by molar-refractivity contribution is 0.0952. The van der Waals surface area contributed by atoms with E-state index in [2.05, 4.69) is 43.3 Å². The summed E-state index contributed by atoms with van der Waals surface area (Å²) in [7, 11) is 0. The zero-order valence-corrected chi connectivity index (χ0v) is 15.9. The van der Waals surface area contributed by atoms with Crippen LogP contribution in [0.25, 0.3) is 0 Å². The van der Waals surface area contributed by atoms with Crippen LogP contribution in [0.4, 0.5) is 5.82 Å². The second-order valence-corrected chi connectivity index (χ2v) is 7.09. The van der Waals surface area contributed by atoms with Crippen LogP contribution in [0.5, 0.6) is 0 Å². The summed E-state index contributed by atoms with van der Waals surface area (Å²) in [5, 5.41) is 3.03. The van der Waals surface area contributed by atoms with E-state index in [-0.39, 0.29) is 5.91 Å². The minimum Gasteiger partial charge on any atom is -0.352 e. The zero-order chi connectivity index (χ0) is 18.7. The van der Waals surface area contributed by atoms with Crippen LogP contribution in [0, 0.1) is 6.92 Å². The summed E-state index contributed by atoms with van der Waals surface area (Å²) < 4.78 is 2.33. The molecule has 0 atom stereocenters. The molecular weight excluding hydrogens is 322 g/mol. The van der Waals surface area contributed by atoms with Gasteiger partial charge in [-0.15, -0.1) is 0 Å². The average Bonchev–Trinajstić information content (AvgIpc) is 2.94. The van der Waals surface area contributed by atoms with Gasteiger partial charge in [-0.3, -0.25) is 4.79 Å². The van der Waals surface area contributed by atoms with E-state index in [1.54, 1.807) is 6.08 Å². The third kappa shape index (κ3) is 3.50. The molecule has 0 aliphatic carbocycles. The fourth-order valence-electron chi connectivity index (χ4n) is 3.49. The molecule has 136 valence electrons. The first-order valence-corrected chi connectivity index (χ1v) is 9.31. The van der Waals surface area contributed by atoms with Crippen LogP contribution >= 0.6 is 0 Å². The fraction of sp³-hybridized carbons (Fsp3) is 0.364. The van der Waals surface area contributed by atoms with E-state index >= 15 is 0 Å². The van der Waals surface area contributed by atoms with Gasteiger partial charge in [-0.25, -0.2) is 4.99 Å². The number of nitrogens with zero attached hydrogens (tertiary/aromatic N) is 2. The Hall–Kier alpha value is -2.62. The Labute approximate surface area is 155 Å². The van der Waals surface area contributed by atoms with Gasteiger partial charge in [-0.2, -0.15) is 0 Å². The first-order chi connectivity index (χ1) is 12.5. The average molecular weight is 349 g/mol. The van der Waals surface area contributed by atoms with Gasteiger partial charge in [-0.05, 0) is 49.5 Å². The Bertz CT molecular complexity index is 858. The van der Waals surface area contributed by atoms with E-state index in [9.17, 15) is 4.79 Å². The van der Waals surface area contributed by atoms with E-state index < -0.39 is 0 Å². The van der Waals surface area contributed by atoms with E-state index in [0.717, 1.165) is 42.0 Å². The molecule has 0 unspecified atom stereocenters. The maximum atomic E-state index is 12.6. The second-order valence-electron chi connectivity index (χ2n) is 7.09. The molecule has 1 amide bonds. The predicted molar refractivity (Wildman–Crippen MR) is 108 cm³/mol. The van der Waals surface area contributed by atoms with E-state index in [0.29, 0.717) is 18.0 Å². The van der Waals surface area contributed by atoms with Crippen molar-refractivity contribution >= 4 is 17.4 Å². The van der Waals surface area contributed by atoms with Crippen molar-refractivity contribution < 1.29 is 4.79 Å². The summed E-state index contributed by atoms with van der Waals surface area (Å²) in [5.74, 6) is 1.36. The maximum Gasteiger partial charge on any atom is 0.251 e. The molecule has 4 heteroatoms. The van der Waals surface area contributed by atoms with E-state index in [1.807, 2.05) is 24.3 Å². The van der Waals surface area contributed by atoms with Gasteiger partial charge < -0.3 is 9.88 Å². The van der Waals surface area contributed by atoms with Gasteiger partial charge in [0.25, 0.3) is 5.91 Å². The number of carbonyl (C=O) groups is 1. The topological polar surface area (TPSA) is 46.4 Å². The van der Waals surface area contributed by atoms with Gasteiger partial charge in [-0.1, -0.05) is 38.6 Å². The number of aryl methyl sites for hydroxylation is 1. The number of aliphatic imine (C=N–C) groups is 1. The highest BCUT2D eigenvalue weighted by Gasteiger charge is 2.18. The van der Waals surface area contributed by atoms with Crippen LogP contribution in [-0.2, 0) is 6.54 Å². The first-order valence-electron chi connectivity index (χ1n) is 9.31. The number of benzene rings is 1. The lowest BCUT2D eigenvalue weighted by Crippen LogP contribution is -2.26. The smallest absolute Gasteiger partial charge is 0.251 e. The first kappa shape index (κ1) is 18.2. The molecule has 26 heavy (non-hydrogen) atoms. The van der Waals surface area contributed by atoms with Crippen LogP contribution in [0.15, 0.2) is 48.0 Å². The maximum absolute atomic E-state index is 12.6. The number of allylic oxidation sites excluding steroid dienone is 1. The number of amides is 1. The minimum atomic E-state index is -0.0503. The number of aromatic nitrogens is 1. The zero-order valence-electron chi connectivity index (χ0n) is 15.9. The van der Waals surface area contributed by atoms with Gasteiger partial charge in [0.1, 0.15) is 5.82 Å². The minimum absolute atomic E-state index is 0.0503.